The van der Waals surface area contributed by atoms with Crippen molar-refractivity contribution in [3.8, 4) is 5.69 Å². The second-order valence-corrected chi connectivity index (χ2v) is 11.4. The quantitative estimate of drug-likeness (QED) is 0.295. The molecule has 2 aromatic carbocycles. The maximum atomic E-state index is 13.5. The lowest BCUT2D eigenvalue weighted by molar-refractivity contribution is -0.116. The van der Waals surface area contributed by atoms with Crippen LogP contribution in [-0.2, 0) is 23.3 Å². The minimum Gasteiger partial charge on any atom is -0.324 e. The molecule has 0 fully saturated rings. The van der Waals surface area contributed by atoms with E-state index in [-0.39, 0.29) is 16.9 Å². The van der Waals surface area contributed by atoms with Crippen molar-refractivity contribution < 1.29 is 4.79 Å². The third kappa shape index (κ3) is 5.54. The van der Waals surface area contributed by atoms with Crippen molar-refractivity contribution in [2.75, 3.05) is 30.4 Å². The van der Waals surface area contributed by atoms with Crippen molar-refractivity contribution in [2.45, 2.75) is 59.5 Å². The van der Waals surface area contributed by atoms with Gasteiger partial charge in [-0.2, -0.15) is 4.98 Å². The standard InChI is InChI=1S/C32H39N7O2/c1-7-9-16-38-30(41)27-19-33-31(34-24-13-14-28-23(17-24)20-36(6)21-32(28,4)5)35-29(27)39(38)26-12-10-11-25(18-26)37(15-8-2)22(3)40/h7,9-14,17-19H,8,15-16,20-21H2,1-6H3,(H,33,34,35)/b9-7-. The zero-order chi connectivity index (χ0) is 29.3. The number of nitrogens with one attached hydrogen (secondary N) is 1. The van der Waals surface area contributed by atoms with Crippen molar-refractivity contribution in [3.63, 3.8) is 0 Å². The molecule has 4 aromatic rings. The molecule has 214 valence electrons. The molecule has 3 heterocycles. The SMILES string of the molecule is C/C=C\Cn1c(=O)c2cnc(Nc3ccc4c(c3)CN(C)CC4(C)C)nc2n1-c1cccc(N(CCC)C(C)=O)c1. The molecule has 0 spiro atoms. The summed E-state index contributed by atoms with van der Waals surface area (Å²) in [5, 5.41) is 3.80. The molecule has 0 radical (unpaired) electrons. The van der Waals surface area contributed by atoms with Crippen LogP contribution >= 0.6 is 0 Å². The zero-order valence-electron chi connectivity index (χ0n) is 24.8. The van der Waals surface area contributed by atoms with Crippen molar-refractivity contribution >= 4 is 34.3 Å². The highest BCUT2D eigenvalue weighted by Crippen LogP contribution is 2.34. The van der Waals surface area contributed by atoms with Gasteiger partial charge in [0, 0.05) is 49.5 Å². The van der Waals surface area contributed by atoms with Gasteiger partial charge in [-0.25, -0.2) is 14.3 Å². The third-order valence-corrected chi connectivity index (χ3v) is 7.60. The van der Waals surface area contributed by atoms with Crippen molar-refractivity contribution in [3.05, 3.63) is 82.3 Å². The second-order valence-electron chi connectivity index (χ2n) is 11.4. The summed E-state index contributed by atoms with van der Waals surface area (Å²) in [6, 6.07) is 14.1. The number of hydrogen-bond donors (Lipinski definition) is 1. The molecular weight excluding hydrogens is 514 g/mol. The molecule has 0 saturated heterocycles. The van der Waals surface area contributed by atoms with Gasteiger partial charge in [0.2, 0.25) is 11.9 Å². The van der Waals surface area contributed by atoms with Gasteiger partial charge in [-0.1, -0.05) is 45.1 Å². The molecule has 9 nitrogen and oxygen atoms in total. The normalized spacial score (nSPS) is 14.9. The highest BCUT2D eigenvalue weighted by molar-refractivity contribution is 5.91. The number of aromatic nitrogens is 4. The predicted octanol–water partition coefficient (Wildman–Crippen LogP) is 5.39. The molecule has 0 bridgehead atoms. The van der Waals surface area contributed by atoms with Crippen LogP contribution in [0.4, 0.5) is 17.3 Å². The van der Waals surface area contributed by atoms with Crippen molar-refractivity contribution in [1.82, 2.24) is 24.2 Å². The Hall–Kier alpha value is -4.24. The Labute approximate surface area is 241 Å². The summed E-state index contributed by atoms with van der Waals surface area (Å²) in [5.41, 5.74) is 5.45. The predicted molar refractivity (Wildman–Crippen MR) is 165 cm³/mol. The van der Waals surface area contributed by atoms with Crippen molar-refractivity contribution in [1.29, 1.82) is 0 Å². The molecule has 41 heavy (non-hydrogen) atoms. The average Bonchev–Trinajstić information content (AvgIpc) is 3.20. The van der Waals surface area contributed by atoms with E-state index in [4.69, 9.17) is 4.98 Å². The minimum atomic E-state index is -0.175. The molecule has 1 amide bonds. The summed E-state index contributed by atoms with van der Waals surface area (Å²) in [4.78, 5) is 39.3. The highest BCUT2D eigenvalue weighted by Gasteiger charge is 2.30. The third-order valence-electron chi connectivity index (χ3n) is 7.60. The summed E-state index contributed by atoms with van der Waals surface area (Å²) >= 11 is 0. The molecule has 1 aliphatic heterocycles. The van der Waals surface area contributed by atoms with Gasteiger partial charge in [0.1, 0.15) is 5.39 Å². The smallest absolute Gasteiger partial charge is 0.278 e. The summed E-state index contributed by atoms with van der Waals surface area (Å²) < 4.78 is 3.47. The van der Waals surface area contributed by atoms with E-state index in [0.717, 1.165) is 36.6 Å². The van der Waals surface area contributed by atoms with Crippen LogP contribution in [-0.4, -0.2) is 50.3 Å². The molecule has 0 unspecified atom stereocenters. The Morgan fingerprint density at radius 1 is 1.20 bits per heavy atom. The molecule has 1 N–H and O–H groups in total. The number of anilines is 3. The highest BCUT2D eigenvalue weighted by atomic mass is 16.2. The van der Waals surface area contributed by atoms with Crippen molar-refractivity contribution in [2.24, 2.45) is 0 Å². The Morgan fingerprint density at radius 2 is 2.00 bits per heavy atom. The molecule has 5 rings (SSSR count). The van der Waals surface area contributed by atoms with E-state index < -0.39 is 0 Å². The Bertz CT molecular complexity index is 1680. The first-order valence-corrected chi connectivity index (χ1v) is 14.2. The topological polar surface area (TPSA) is 88.3 Å². The van der Waals surface area contributed by atoms with Gasteiger partial charge in [0.25, 0.3) is 5.56 Å². The van der Waals surface area contributed by atoms with Gasteiger partial charge in [-0.05, 0) is 61.9 Å². The number of rotatable bonds is 8. The fourth-order valence-electron chi connectivity index (χ4n) is 5.90. The molecule has 0 aliphatic carbocycles. The number of hydrogen-bond acceptors (Lipinski definition) is 6. The molecule has 1 aliphatic rings. The van der Waals surface area contributed by atoms with E-state index in [1.54, 1.807) is 22.7 Å². The van der Waals surface area contributed by atoms with Gasteiger partial charge < -0.3 is 15.1 Å². The molecular formula is C32H39N7O2. The van der Waals surface area contributed by atoms with E-state index >= 15 is 0 Å². The van der Waals surface area contributed by atoms with E-state index in [2.05, 4.69) is 54.3 Å². The van der Waals surface area contributed by atoms with Gasteiger partial charge >= 0.3 is 0 Å². The van der Waals surface area contributed by atoms with Gasteiger partial charge in [-0.3, -0.25) is 9.59 Å². The monoisotopic (exact) mass is 553 g/mol. The maximum absolute atomic E-state index is 13.5. The lowest BCUT2D eigenvalue weighted by Gasteiger charge is -2.38. The van der Waals surface area contributed by atoms with Crippen LogP contribution in [0.25, 0.3) is 16.7 Å². The zero-order valence-corrected chi connectivity index (χ0v) is 24.8. The fraction of sp³-hybridized carbons (Fsp3) is 0.375. The summed E-state index contributed by atoms with van der Waals surface area (Å²) in [6.07, 6.45) is 6.27. The molecule has 2 aromatic heterocycles. The lowest BCUT2D eigenvalue weighted by atomic mass is 9.78. The van der Waals surface area contributed by atoms with Crippen LogP contribution in [0.5, 0.6) is 0 Å². The number of likely N-dealkylation sites (N-methyl/N-ethyl adjacent to an activating group) is 1. The second kappa shape index (κ2) is 11.3. The Kier molecular flexibility index (Phi) is 7.82. The number of carbonyl (C=O) groups excluding carboxylic acids is 1. The van der Waals surface area contributed by atoms with Crippen LogP contribution in [0.1, 0.15) is 52.2 Å². The number of fused-ring (bicyclic) bond motifs is 2. The lowest BCUT2D eigenvalue weighted by Crippen LogP contribution is -2.39. The Balaban J connectivity index is 1.60. The van der Waals surface area contributed by atoms with Gasteiger partial charge in [-0.15, -0.1) is 0 Å². The summed E-state index contributed by atoms with van der Waals surface area (Å²) in [5.74, 6) is 0.381. The van der Waals surface area contributed by atoms with Crippen LogP contribution < -0.4 is 15.8 Å². The average molecular weight is 554 g/mol. The van der Waals surface area contributed by atoms with E-state index in [9.17, 15) is 9.59 Å². The number of nitrogens with zero attached hydrogens (tertiary/aromatic N) is 6. The molecule has 0 saturated carbocycles. The minimum absolute atomic E-state index is 0.0267. The van der Waals surface area contributed by atoms with Crippen LogP contribution in [0.15, 0.2) is 65.6 Å². The van der Waals surface area contributed by atoms with Gasteiger partial charge in [0.05, 0.1) is 12.2 Å². The number of allylic oxidation sites excluding steroid dienone is 2. The van der Waals surface area contributed by atoms with Crippen LogP contribution in [0.2, 0.25) is 0 Å². The Morgan fingerprint density at radius 3 is 2.73 bits per heavy atom. The number of carbonyl (C=O) groups is 1. The first-order chi connectivity index (χ1) is 19.6. The summed E-state index contributed by atoms with van der Waals surface area (Å²) in [6.45, 7) is 13.0. The molecule has 9 heteroatoms. The van der Waals surface area contributed by atoms with Crippen LogP contribution in [0, 0.1) is 0 Å². The number of benzene rings is 2. The van der Waals surface area contributed by atoms with E-state index in [0.29, 0.717) is 30.1 Å². The van der Waals surface area contributed by atoms with E-state index in [1.807, 2.05) is 54.9 Å². The first kappa shape index (κ1) is 28.3. The van der Waals surface area contributed by atoms with Crippen LogP contribution in [0.3, 0.4) is 0 Å². The molecule has 0 atom stereocenters. The van der Waals surface area contributed by atoms with Gasteiger partial charge in [0.15, 0.2) is 5.65 Å². The first-order valence-electron chi connectivity index (χ1n) is 14.2. The largest absolute Gasteiger partial charge is 0.324 e. The number of amides is 1. The fourth-order valence-corrected chi connectivity index (χ4v) is 5.90. The summed E-state index contributed by atoms with van der Waals surface area (Å²) in [7, 11) is 2.15. The van der Waals surface area contributed by atoms with E-state index in [1.165, 1.54) is 11.1 Å². The maximum Gasteiger partial charge on any atom is 0.278 e.